The van der Waals surface area contributed by atoms with E-state index in [2.05, 4.69) is 10.2 Å². The maximum absolute atomic E-state index is 12.4. The number of nitrogens with zero attached hydrogens (tertiary/aromatic N) is 1. The molecule has 2 rings (SSSR count). The zero-order valence-electron chi connectivity index (χ0n) is 11.5. The van der Waals surface area contributed by atoms with Crippen LogP contribution < -0.4 is 5.32 Å². The summed E-state index contributed by atoms with van der Waals surface area (Å²) in [7, 11) is 0. The first-order valence-electron chi connectivity index (χ1n) is 6.69. The van der Waals surface area contributed by atoms with E-state index in [1.807, 2.05) is 38.1 Å². The number of carbonyl (C=O) groups excluding carboxylic acids is 2. The normalized spacial score (nSPS) is 18.5. The highest BCUT2D eigenvalue weighted by Crippen LogP contribution is 2.11. The Hall–Kier alpha value is -1.68. The van der Waals surface area contributed by atoms with Crippen molar-refractivity contribution in [2.75, 3.05) is 19.6 Å². The van der Waals surface area contributed by atoms with Crippen molar-refractivity contribution in [3.05, 3.63) is 35.4 Å². The molecule has 0 radical (unpaired) electrons. The Bertz CT molecular complexity index is 468. The number of amides is 1. The summed E-state index contributed by atoms with van der Waals surface area (Å²) in [4.78, 5) is 25.8. The van der Waals surface area contributed by atoms with Crippen LogP contribution in [0.5, 0.6) is 0 Å². The van der Waals surface area contributed by atoms with Gasteiger partial charge in [-0.25, -0.2) is 0 Å². The molecule has 1 aliphatic heterocycles. The lowest BCUT2D eigenvalue weighted by Crippen LogP contribution is -2.41. The largest absolute Gasteiger partial charge is 0.355 e. The summed E-state index contributed by atoms with van der Waals surface area (Å²) in [6, 6.07) is 7.46. The van der Waals surface area contributed by atoms with E-state index in [0.29, 0.717) is 19.5 Å². The fourth-order valence-electron chi connectivity index (χ4n) is 2.30. The van der Waals surface area contributed by atoms with Crippen LogP contribution in [0.4, 0.5) is 0 Å². The fourth-order valence-corrected chi connectivity index (χ4v) is 2.30. The molecule has 1 saturated heterocycles. The van der Waals surface area contributed by atoms with Crippen LogP contribution in [-0.2, 0) is 4.79 Å². The Morgan fingerprint density at radius 2 is 1.95 bits per heavy atom. The molecule has 1 aromatic carbocycles. The minimum atomic E-state index is -0.185. The molecular weight excluding hydrogens is 240 g/mol. The highest BCUT2D eigenvalue weighted by atomic mass is 16.1. The standard InChI is InChI=1S/C15H20N2O2/c1-11-3-5-13(6-4-11)15(19)12(2)17-9-7-14(18)16-8-10-17/h3-6,12H,7-10H2,1-2H3,(H,16,18). The van der Waals surface area contributed by atoms with Gasteiger partial charge in [-0.1, -0.05) is 29.8 Å². The van der Waals surface area contributed by atoms with Gasteiger partial charge in [0.15, 0.2) is 5.78 Å². The van der Waals surface area contributed by atoms with Crippen LogP contribution in [0, 0.1) is 6.92 Å². The molecule has 1 aliphatic rings. The van der Waals surface area contributed by atoms with Gasteiger partial charge in [0.2, 0.25) is 5.91 Å². The molecule has 0 bridgehead atoms. The summed E-state index contributed by atoms with van der Waals surface area (Å²) >= 11 is 0. The van der Waals surface area contributed by atoms with Crippen molar-refractivity contribution in [1.29, 1.82) is 0 Å². The van der Waals surface area contributed by atoms with E-state index in [1.54, 1.807) is 0 Å². The molecule has 1 unspecified atom stereocenters. The number of ketones is 1. The average Bonchev–Trinajstić information content (AvgIpc) is 2.63. The van der Waals surface area contributed by atoms with Gasteiger partial charge in [-0.15, -0.1) is 0 Å². The van der Waals surface area contributed by atoms with E-state index in [1.165, 1.54) is 0 Å². The third-order valence-corrected chi connectivity index (χ3v) is 3.61. The second-order valence-corrected chi connectivity index (χ2v) is 5.04. The minimum Gasteiger partial charge on any atom is -0.355 e. The van der Waals surface area contributed by atoms with Crippen LogP contribution in [0.3, 0.4) is 0 Å². The van der Waals surface area contributed by atoms with Gasteiger partial charge in [-0.3, -0.25) is 14.5 Å². The predicted octanol–water partition coefficient (Wildman–Crippen LogP) is 1.39. The Morgan fingerprint density at radius 1 is 1.26 bits per heavy atom. The van der Waals surface area contributed by atoms with Crippen LogP contribution >= 0.6 is 0 Å². The van der Waals surface area contributed by atoms with Crippen molar-refractivity contribution >= 4 is 11.7 Å². The highest BCUT2D eigenvalue weighted by Gasteiger charge is 2.24. The van der Waals surface area contributed by atoms with Crippen molar-refractivity contribution in [3.63, 3.8) is 0 Å². The lowest BCUT2D eigenvalue weighted by molar-refractivity contribution is -0.120. The Balaban J connectivity index is 2.05. The van der Waals surface area contributed by atoms with Gasteiger partial charge in [0, 0.05) is 31.6 Å². The van der Waals surface area contributed by atoms with Crippen LogP contribution in [0.2, 0.25) is 0 Å². The van der Waals surface area contributed by atoms with E-state index in [0.717, 1.165) is 17.7 Å². The first-order valence-corrected chi connectivity index (χ1v) is 6.69. The van der Waals surface area contributed by atoms with Gasteiger partial charge in [0.25, 0.3) is 0 Å². The zero-order valence-corrected chi connectivity index (χ0v) is 11.5. The lowest BCUT2D eigenvalue weighted by atomic mass is 10.0. The second-order valence-electron chi connectivity index (χ2n) is 5.04. The summed E-state index contributed by atoms with van der Waals surface area (Å²) in [6.07, 6.45) is 0.464. The molecule has 0 saturated carbocycles. The highest BCUT2D eigenvalue weighted by molar-refractivity contribution is 5.99. The molecule has 1 fully saturated rings. The predicted molar refractivity (Wildman–Crippen MR) is 74.2 cm³/mol. The number of aryl methyl sites for hydroxylation is 1. The Morgan fingerprint density at radius 3 is 2.63 bits per heavy atom. The quantitative estimate of drug-likeness (QED) is 0.836. The molecule has 4 heteroatoms. The average molecular weight is 260 g/mol. The van der Waals surface area contributed by atoms with E-state index in [9.17, 15) is 9.59 Å². The van der Waals surface area contributed by atoms with Crippen molar-refractivity contribution in [2.24, 2.45) is 0 Å². The first-order chi connectivity index (χ1) is 9.08. The SMILES string of the molecule is Cc1ccc(C(=O)C(C)N2CCNC(=O)CC2)cc1. The Kier molecular flexibility index (Phi) is 4.32. The van der Waals surface area contributed by atoms with Gasteiger partial charge in [-0.05, 0) is 13.8 Å². The van der Waals surface area contributed by atoms with Gasteiger partial charge < -0.3 is 5.32 Å². The van der Waals surface area contributed by atoms with Crippen molar-refractivity contribution in [3.8, 4) is 0 Å². The second kappa shape index (κ2) is 5.97. The summed E-state index contributed by atoms with van der Waals surface area (Å²) in [6.45, 7) is 5.90. The maximum atomic E-state index is 12.4. The van der Waals surface area contributed by atoms with Gasteiger partial charge in [-0.2, -0.15) is 0 Å². The number of hydrogen-bond acceptors (Lipinski definition) is 3. The molecule has 1 amide bonds. The molecule has 4 nitrogen and oxygen atoms in total. The molecule has 1 heterocycles. The molecule has 0 aliphatic carbocycles. The third kappa shape index (κ3) is 3.41. The van der Waals surface area contributed by atoms with Crippen LogP contribution in [0.25, 0.3) is 0 Å². The first kappa shape index (κ1) is 13.7. The zero-order chi connectivity index (χ0) is 13.8. The number of rotatable bonds is 3. The van der Waals surface area contributed by atoms with Gasteiger partial charge in [0.1, 0.15) is 0 Å². The summed E-state index contributed by atoms with van der Waals surface area (Å²) in [5, 5.41) is 2.82. The van der Waals surface area contributed by atoms with Crippen LogP contribution in [0.15, 0.2) is 24.3 Å². The molecule has 1 N–H and O–H groups in total. The summed E-state index contributed by atoms with van der Waals surface area (Å²) in [5.74, 6) is 0.187. The topological polar surface area (TPSA) is 49.4 Å². The molecular formula is C15H20N2O2. The van der Waals surface area contributed by atoms with Gasteiger partial charge >= 0.3 is 0 Å². The van der Waals surface area contributed by atoms with Gasteiger partial charge in [0.05, 0.1) is 6.04 Å². The molecule has 1 aromatic rings. The third-order valence-electron chi connectivity index (χ3n) is 3.61. The number of Topliss-reactive ketones (excluding diaryl/α,β-unsaturated/α-hetero) is 1. The molecule has 1 atom stereocenters. The van der Waals surface area contributed by atoms with E-state index < -0.39 is 0 Å². The molecule has 19 heavy (non-hydrogen) atoms. The Labute approximate surface area is 113 Å². The minimum absolute atomic E-state index is 0.0671. The number of carbonyl (C=O) groups is 2. The summed E-state index contributed by atoms with van der Waals surface area (Å²) in [5.41, 5.74) is 1.88. The van der Waals surface area contributed by atoms with Crippen LogP contribution in [-0.4, -0.2) is 42.3 Å². The molecule has 0 aromatic heterocycles. The summed E-state index contributed by atoms with van der Waals surface area (Å²) < 4.78 is 0. The monoisotopic (exact) mass is 260 g/mol. The smallest absolute Gasteiger partial charge is 0.221 e. The van der Waals surface area contributed by atoms with Crippen LogP contribution in [0.1, 0.15) is 29.3 Å². The van der Waals surface area contributed by atoms with Crippen molar-refractivity contribution in [1.82, 2.24) is 10.2 Å². The molecule has 102 valence electrons. The number of nitrogens with one attached hydrogen (secondary N) is 1. The maximum Gasteiger partial charge on any atom is 0.221 e. The fraction of sp³-hybridized carbons (Fsp3) is 0.467. The van der Waals surface area contributed by atoms with Crippen molar-refractivity contribution in [2.45, 2.75) is 26.3 Å². The number of hydrogen-bond donors (Lipinski definition) is 1. The number of benzene rings is 1. The van der Waals surface area contributed by atoms with Crippen molar-refractivity contribution < 1.29 is 9.59 Å². The van der Waals surface area contributed by atoms with E-state index >= 15 is 0 Å². The lowest BCUT2D eigenvalue weighted by Gasteiger charge is -2.25. The van der Waals surface area contributed by atoms with E-state index in [4.69, 9.17) is 0 Å². The van der Waals surface area contributed by atoms with E-state index in [-0.39, 0.29) is 17.7 Å². The molecule has 0 spiro atoms.